The zero-order valence-corrected chi connectivity index (χ0v) is 9.62. The molecule has 0 spiro atoms. The van der Waals surface area contributed by atoms with Gasteiger partial charge in [0.1, 0.15) is 5.60 Å². The Morgan fingerprint density at radius 3 is 2.20 bits per heavy atom. The van der Waals surface area contributed by atoms with Crippen LogP contribution in [-0.4, -0.2) is 33.5 Å². The van der Waals surface area contributed by atoms with Gasteiger partial charge in [0, 0.05) is 0 Å². The molecule has 15 heavy (non-hydrogen) atoms. The van der Waals surface area contributed by atoms with Crippen molar-refractivity contribution in [2.75, 3.05) is 0 Å². The van der Waals surface area contributed by atoms with Crippen molar-refractivity contribution in [3.63, 3.8) is 0 Å². The predicted molar refractivity (Wildman–Crippen MR) is 55.3 cm³/mol. The van der Waals surface area contributed by atoms with Gasteiger partial charge in [0.2, 0.25) is 0 Å². The van der Waals surface area contributed by atoms with Crippen molar-refractivity contribution in [1.82, 2.24) is 0 Å². The number of esters is 1. The molecule has 0 aromatic rings. The summed E-state index contributed by atoms with van der Waals surface area (Å²) in [7, 11) is 0. The van der Waals surface area contributed by atoms with E-state index in [2.05, 4.69) is 0 Å². The summed E-state index contributed by atoms with van der Waals surface area (Å²) in [5, 5.41) is 19.3. The zero-order valence-electron chi connectivity index (χ0n) is 9.62. The van der Waals surface area contributed by atoms with Crippen molar-refractivity contribution >= 4 is 5.97 Å². The summed E-state index contributed by atoms with van der Waals surface area (Å²) in [6.07, 6.45) is 1.07. The van der Waals surface area contributed by atoms with Gasteiger partial charge in [-0.05, 0) is 46.5 Å². The van der Waals surface area contributed by atoms with Gasteiger partial charge in [-0.1, -0.05) is 0 Å². The van der Waals surface area contributed by atoms with Crippen LogP contribution in [0.25, 0.3) is 0 Å². The number of hydrogen-bond acceptors (Lipinski definition) is 4. The highest BCUT2D eigenvalue weighted by Gasteiger charge is 2.42. The molecule has 0 atom stereocenters. The third kappa shape index (κ3) is 3.47. The Bertz CT molecular complexity index is 233. The maximum Gasteiger partial charge on any atom is 0.338 e. The van der Waals surface area contributed by atoms with Crippen molar-refractivity contribution in [1.29, 1.82) is 0 Å². The number of carbonyl (C=O) groups is 1. The molecule has 0 saturated heterocycles. The fourth-order valence-corrected chi connectivity index (χ4v) is 1.66. The first kappa shape index (κ1) is 12.5. The third-order valence-electron chi connectivity index (χ3n) is 2.56. The molecule has 0 radical (unpaired) electrons. The number of carbonyl (C=O) groups excluding carboxylic acids is 1. The lowest BCUT2D eigenvalue weighted by molar-refractivity contribution is -0.182. The van der Waals surface area contributed by atoms with E-state index in [4.69, 9.17) is 4.74 Å². The van der Waals surface area contributed by atoms with E-state index >= 15 is 0 Å². The second-order valence-corrected chi connectivity index (χ2v) is 5.26. The standard InChI is InChI=1S/C11H20O4/c1-10(2,3)15-9(13)11(14)6-4-8(12)5-7-11/h8,12,14H,4-7H2,1-3H3/t8-,11-. The van der Waals surface area contributed by atoms with E-state index in [9.17, 15) is 15.0 Å². The molecule has 1 fully saturated rings. The Kier molecular flexibility index (Phi) is 3.41. The van der Waals surface area contributed by atoms with Crippen LogP contribution in [0.5, 0.6) is 0 Å². The summed E-state index contributed by atoms with van der Waals surface area (Å²) in [4.78, 5) is 11.7. The van der Waals surface area contributed by atoms with Crippen LogP contribution in [0.15, 0.2) is 0 Å². The van der Waals surface area contributed by atoms with Gasteiger partial charge in [-0.25, -0.2) is 4.79 Å². The summed E-state index contributed by atoms with van der Waals surface area (Å²) in [6, 6.07) is 0. The summed E-state index contributed by atoms with van der Waals surface area (Å²) in [6.45, 7) is 5.31. The molecule has 0 heterocycles. The van der Waals surface area contributed by atoms with Crippen LogP contribution in [-0.2, 0) is 9.53 Å². The van der Waals surface area contributed by atoms with Crippen molar-refractivity contribution in [2.24, 2.45) is 0 Å². The van der Waals surface area contributed by atoms with Crippen molar-refractivity contribution in [2.45, 2.75) is 63.8 Å². The largest absolute Gasteiger partial charge is 0.458 e. The molecule has 1 aliphatic rings. The van der Waals surface area contributed by atoms with Crippen LogP contribution in [0.1, 0.15) is 46.5 Å². The third-order valence-corrected chi connectivity index (χ3v) is 2.56. The van der Waals surface area contributed by atoms with Crippen LogP contribution in [0, 0.1) is 0 Å². The van der Waals surface area contributed by atoms with Crippen LogP contribution in [0.4, 0.5) is 0 Å². The quantitative estimate of drug-likeness (QED) is 0.641. The minimum atomic E-state index is -1.40. The van der Waals surface area contributed by atoms with Crippen LogP contribution in [0.2, 0.25) is 0 Å². The Morgan fingerprint density at radius 1 is 1.33 bits per heavy atom. The van der Waals surface area contributed by atoms with Gasteiger partial charge in [0.05, 0.1) is 6.10 Å². The fraction of sp³-hybridized carbons (Fsp3) is 0.909. The molecular formula is C11H20O4. The second-order valence-electron chi connectivity index (χ2n) is 5.26. The predicted octanol–water partition coefficient (Wildman–Crippen LogP) is 0.994. The highest BCUT2D eigenvalue weighted by atomic mass is 16.6. The molecule has 0 unspecified atom stereocenters. The Morgan fingerprint density at radius 2 is 1.80 bits per heavy atom. The molecule has 2 N–H and O–H groups in total. The lowest BCUT2D eigenvalue weighted by Gasteiger charge is -2.34. The fourth-order valence-electron chi connectivity index (χ4n) is 1.66. The maximum absolute atomic E-state index is 11.7. The van der Waals surface area contributed by atoms with E-state index in [1.807, 2.05) is 0 Å². The van der Waals surface area contributed by atoms with Gasteiger partial charge >= 0.3 is 5.97 Å². The summed E-state index contributed by atoms with van der Waals surface area (Å²) < 4.78 is 5.14. The highest BCUT2D eigenvalue weighted by molar-refractivity contribution is 5.79. The molecule has 0 aliphatic heterocycles. The number of aliphatic hydroxyl groups excluding tert-OH is 1. The van der Waals surface area contributed by atoms with E-state index in [0.717, 1.165) is 0 Å². The van der Waals surface area contributed by atoms with E-state index in [-0.39, 0.29) is 12.8 Å². The summed E-state index contributed by atoms with van der Waals surface area (Å²) in [5.41, 5.74) is -1.98. The lowest BCUT2D eigenvalue weighted by atomic mass is 9.83. The van der Waals surface area contributed by atoms with Crippen LogP contribution in [0.3, 0.4) is 0 Å². The average Bonchev–Trinajstić information content (AvgIpc) is 2.07. The first-order chi connectivity index (χ1) is 6.73. The molecule has 0 amide bonds. The lowest BCUT2D eigenvalue weighted by Crippen LogP contribution is -2.46. The Labute approximate surface area is 90.2 Å². The van der Waals surface area contributed by atoms with Gasteiger partial charge in [-0.3, -0.25) is 0 Å². The minimum Gasteiger partial charge on any atom is -0.458 e. The molecule has 4 nitrogen and oxygen atoms in total. The molecule has 88 valence electrons. The Hall–Kier alpha value is -0.610. The molecule has 0 aromatic heterocycles. The molecule has 1 rings (SSSR count). The zero-order chi connectivity index (χ0) is 11.7. The SMILES string of the molecule is CC(C)(C)OC(=O)[C@]1(O)CC[C@H](O)CC1. The molecule has 0 aromatic carbocycles. The smallest absolute Gasteiger partial charge is 0.338 e. The summed E-state index contributed by atoms with van der Waals surface area (Å²) in [5.74, 6) is -0.568. The Balaban J connectivity index is 2.58. The average molecular weight is 216 g/mol. The molecule has 4 heteroatoms. The molecular weight excluding hydrogens is 196 g/mol. The first-order valence-corrected chi connectivity index (χ1v) is 5.37. The van der Waals surface area contributed by atoms with Gasteiger partial charge < -0.3 is 14.9 Å². The van der Waals surface area contributed by atoms with Gasteiger partial charge in [0.15, 0.2) is 5.60 Å². The topological polar surface area (TPSA) is 66.8 Å². The van der Waals surface area contributed by atoms with Crippen LogP contribution >= 0.6 is 0 Å². The number of rotatable bonds is 1. The normalized spacial score (nSPS) is 32.5. The van der Waals surface area contributed by atoms with Gasteiger partial charge in [-0.15, -0.1) is 0 Å². The van der Waals surface area contributed by atoms with Crippen molar-refractivity contribution in [3.05, 3.63) is 0 Å². The van der Waals surface area contributed by atoms with E-state index in [1.165, 1.54) is 0 Å². The minimum absolute atomic E-state index is 0.281. The van der Waals surface area contributed by atoms with E-state index in [1.54, 1.807) is 20.8 Å². The maximum atomic E-state index is 11.7. The summed E-state index contributed by atoms with van der Waals surface area (Å²) >= 11 is 0. The number of ether oxygens (including phenoxy) is 1. The van der Waals surface area contributed by atoms with E-state index < -0.39 is 23.3 Å². The molecule has 0 bridgehead atoms. The second kappa shape index (κ2) is 4.10. The van der Waals surface area contributed by atoms with Gasteiger partial charge in [0.25, 0.3) is 0 Å². The van der Waals surface area contributed by atoms with Crippen molar-refractivity contribution in [3.8, 4) is 0 Å². The van der Waals surface area contributed by atoms with Gasteiger partial charge in [-0.2, -0.15) is 0 Å². The monoisotopic (exact) mass is 216 g/mol. The van der Waals surface area contributed by atoms with Crippen LogP contribution < -0.4 is 0 Å². The number of aliphatic hydroxyl groups is 2. The highest BCUT2D eigenvalue weighted by Crippen LogP contribution is 2.30. The number of hydrogen-bond donors (Lipinski definition) is 2. The first-order valence-electron chi connectivity index (χ1n) is 5.37. The van der Waals surface area contributed by atoms with E-state index in [0.29, 0.717) is 12.8 Å². The molecule has 1 aliphatic carbocycles. The molecule has 1 saturated carbocycles. The van der Waals surface area contributed by atoms with Crippen molar-refractivity contribution < 1.29 is 19.7 Å².